The number of hydrogen-bond acceptors (Lipinski definition) is 3. The minimum absolute atomic E-state index is 0.459. The molecule has 2 heterocycles. The molecule has 0 bridgehead atoms. The van der Waals surface area contributed by atoms with E-state index in [1.807, 2.05) is 12.1 Å². The molecule has 3 nitrogen and oxygen atoms in total. The van der Waals surface area contributed by atoms with Crippen LogP contribution in [0.2, 0.25) is 0 Å². The molecule has 1 aliphatic rings. The maximum atomic E-state index is 5.69. The summed E-state index contributed by atoms with van der Waals surface area (Å²) in [5.74, 6) is 2.15. The number of aromatic nitrogens is 1. The van der Waals surface area contributed by atoms with Gasteiger partial charge in [-0.15, -0.1) is 0 Å². The molecule has 0 spiro atoms. The smallest absolute Gasteiger partial charge is 0.213 e. The van der Waals surface area contributed by atoms with Gasteiger partial charge in [0.05, 0.1) is 13.7 Å². The topological polar surface area (TPSA) is 31.4 Å². The molecular formula is C17H19NO2. The molecule has 1 aromatic carbocycles. The molecule has 0 aliphatic carbocycles. The van der Waals surface area contributed by atoms with Gasteiger partial charge in [-0.05, 0) is 34.7 Å². The molecule has 0 saturated heterocycles. The lowest BCUT2D eigenvalue weighted by Gasteiger charge is -2.17. The lowest BCUT2D eigenvalue weighted by Crippen LogP contribution is -1.98. The predicted molar refractivity (Wildman–Crippen MR) is 79.5 cm³/mol. The molecule has 0 N–H and O–H groups in total. The Labute approximate surface area is 119 Å². The number of methoxy groups -OCH3 is 1. The average Bonchev–Trinajstić information content (AvgIpc) is 2.94. The van der Waals surface area contributed by atoms with Crippen molar-refractivity contribution in [3.8, 4) is 22.8 Å². The van der Waals surface area contributed by atoms with Crippen LogP contribution in [0, 0.1) is 0 Å². The van der Waals surface area contributed by atoms with Crippen LogP contribution in [0.25, 0.3) is 11.1 Å². The highest BCUT2D eigenvalue weighted by atomic mass is 16.5. The molecule has 1 aliphatic heterocycles. The van der Waals surface area contributed by atoms with Gasteiger partial charge in [-0.3, -0.25) is 0 Å². The minimum Gasteiger partial charge on any atom is -0.493 e. The van der Waals surface area contributed by atoms with E-state index in [-0.39, 0.29) is 0 Å². The summed E-state index contributed by atoms with van der Waals surface area (Å²) in [7, 11) is 1.64. The van der Waals surface area contributed by atoms with Gasteiger partial charge >= 0.3 is 0 Å². The Morgan fingerprint density at radius 3 is 2.85 bits per heavy atom. The van der Waals surface area contributed by atoms with Gasteiger partial charge in [0.25, 0.3) is 0 Å². The van der Waals surface area contributed by atoms with Crippen molar-refractivity contribution in [1.82, 2.24) is 4.98 Å². The van der Waals surface area contributed by atoms with Crippen LogP contribution in [0.3, 0.4) is 0 Å². The molecule has 3 rings (SSSR count). The number of fused-ring (bicyclic) bond motifs is 1. The Kier molecular flexibility index (Phi) is 3.35. The van der Waals surface area contributed by atoms with E-state index < -0.39 is 0 Å². The fraction of sp³-hybridized carbons (Fsp3) is 0.353. The van der Waals surface area contributed by atoms with Crippen LogP contribution < -0.4 is 9.47 Å². The number of rotatable bonds is 3. The molecule has 0 unspecified atom stereocenters. The maximum Gasteiger partial charge on any atom is 0.213 e. The largest absolute Gasteiger partial charge is 0.493 e. The maximum absolute atomic E-state index is 5.69. The van der Waals surface area contributed by atoms with Crippen molar-refractivity contribution in [3.63, 3.8) is 0 Å². The quantitative estimate of drug-likeness (QED) is 0.849. The summed E-state index contributed by atoms with van der Waals surface area (Å²) in [6, 6.07) is 8.25. The summed E-state index contributed by atoms with van der Waals surface area (Å²) >= 11 is 0. The van der Waals surface area contributed by atoms with Gasteiger partial charge in [0, 0.05) is 24.2 Å². The molecule has 0 atom stereocenters. The fourth-order valence-corrected chi connectivity index (χ4v) is 2.90. The SMILES string of the molecule is COc1cc(-c2ccc3c(c2C(C)C)CCO3)ccn1. The molecule has 2 aromatic rings. The van der Waals surface area contributed by atoms with Crippen molar-refractivity contribution < 1.29 is 9.47 Å². The van der Waals surface area contributed by atoms with E-state index in [2.05, 4.69) is 31.0 Å². The molecule has 0 amide bonds. The van der Waals surface area contributed by atoms with Crippen LogP contribution in [0.4, 0.5) is 0 Å². The second kappa shape index (κ2) is 5.16. The van der Waals surface area contributed by atoms with Crippen molar-refractivity contribution in [2.75, 3.05) is 13.7 Å². The highest BCUT2D eigenvalue weighted by Gasteiger charge is 2.21. The zero-order valence-electron chi connectivity index (χ0n) is 12.1. The molecule has 1 aromatic heterocycles. The van der Waals surface area contributed by atoms with Crippen molar-refractivity contribution in [3.05, 3.63) is 41.6 Å². The Balaban J connectivity index is 2.18. The van der Waals surface area contributed by atoms with Crippen molar-refractivity contribution in [1.29, 1.82) is 0 Å². The Morgan fingerprint density at radius 1 is 1.25 bits per heavy atom. The van der Waals surface area contributed by atoms with Crippen LogP contribution in [-0.4, -0.2) is 18.7 Å². The van der Waals surface area contributed by atoms with E-state index in [0.29, 0.717) is 11.8 Å². The second-order valence-electron chi connectivity index (χ2n) is 5.34. The first kappa shape index (κ1) is 13.0. The summed E-state index contributed by atoms with van der Waals surface area (Å²) in [5, 5.41) is 0. The zero-order chi connectivity index (χ0) is 14.1. The third-order valence-electron chi connectivity index (χ3n) is 3.76. The third-order valence-corrected chi connectivity index (χ3v) is 3.76. The van der Waals surface area contributed by atoms with E-state index in [1.54, 1.807) is 13.3 Å². The van der Waals surface area contributed by atoms with Crippen LogP contribution in [0.5, 0.6) is 11.6 Å². The van der Waals surface area contributed by atoms with Crippen LogP contribution in [0.15, 0.2) is 30.5 Å². The van der Waals surface area contributed by atoms with Crippen molar-refractivity contribution in [2.24, 2.45) is 0 Å². The monoisotopic (exact) mass is 269 g/mol. The van der Waals surface area contributed by atoms with E-state index in [9.17, 15) is 0 Å². The Bertz CT molecular complexity index is 635. The van der Waals surface area contributed by atoms with Crippen LogP contribution >= 0.6 is 0 Å². The van der Waals surface area contributed by atoms with Gasteiger partial charge in [-0.1, -0.05) is 19.9 Å². The predicted octanol–water partition coefficient (Wildman–Crippen LogP) is 3.82. The first-order chi connectivity index (χ1) is 9.70. The molecule has 0 radical (unpaired) electrons. The number of pyridine rings is 1. The lowest BCUT2D eigenvalue weighted by molar-refractivity contribution is 0.357. The van der Waals surface area contributed by atoms with Gasteiger partial charge < -0.3 is 9.47 Å². The number of benzene rings is 1. The summed E-state index contributed by atoms with van der Waals surface area (Å²) < 4.78 is 10.9. The van der Waals surface area contributed by atoms with E-state index >= 15 is 0 Å². The minimum atomic E-state index is 0.459. The van der Waals surface area contributed by atoms with Gasteiger partial charge in [-0.25, -0.2) is 4.98 Å². The normalized spacial score (nSPS) is 13.2. The zero-order valence-corrected chi connectivity index (χ0v) is 12.1. The molecule has 0 saturated carbocycles. The fourth-order valence-electron chi connectivity index (χ4n) is 2.90. The molecule has 3 heteroatoms. The van der Waals surface area contributed by atoms with E-state index in [0.717, 1.165) is 24.3 Å². The molecular weight excluding hydrogens is 250 g/mol. The highest BCUT2D eigenvalue weighted by molar-refractivity contribution is 5.72. The van der Waals surface area contributed by atoms with Crippen LogP contribution in [-0.2, 0) is 6.42 Å². The molecule has 20 heavy (non-hydrogen) atoms. The van der Waals surface area contributed by atoms with Gasteiger partial charge in [0.1, 0.15) is 5.75 Å². The van der Waals surface area contributed by atoms with E-state index in [4.69, 9.17) is 9.47 Å². The number of hydrogen-bond donors (Lipinski definition) is 0. The second-order valence-corrected chi connectivity index (χ2v) is 5.34. The van der Waals surface area contributed by atoms with Crippen LogP contribution in [0.1, 0.15) is 30.9 Å². The van der Waals surface area contributed by atoms with Gasteiger partial charge in [0.15, 0.2) is 0 Å². The highest BCUT2D eigenvalue weighted by Crippen LogP contribution is 2.39. The molecule has 0 fully saturated rings. The Morgan fingerprint density at radius 2 is 2.10 bits per heavy atom. The first-order valence-corrected chi connectivity index (χ1v) is 6.99. The molecule has 104 valence electrons. The summed E-state index contributed by atoms with van der Waals surface area (Å²) in [6.45, 7) is 5.25. The Hall–Kier alpha value is -2.03. The van der Waals surface area contributed by atoms with Crippen molar-refractivity contribution in [2.45, 2.75) is 26.2 Å². The average molecular weight is 269 g/mol. The lowest BCUT2D eigenvalue weighted by atomic mass is 9.88. The number of nitrogens with zero attached hydrogens (tertiary/aromatic N) is 1. The summed E-state index contributed by atoms with van der Waals surface area (Å²) in [6.07, 6.45) is 2.79. The van der Waals surface area contributed by atoms with Gasteiger partial charge in [0.2, 0.25) is 5.88 Å². The number of ether oxygens (including phenoxy) is 2. The first-order valence-electron chi connectivity index (χ1n) is 6.99. The summed E-state index contributed by atoms with van der Waals surface area (Å²) in [5.41, 5.74) is 5.14. The summed E-state index contributed by atoms with van der Waals surface area (Å²) in [4.78, 5) is 4.18. The third kappa shape index (κ3) is 2.13. The van der Waals surface area contributed by atoms with Crippen molar-refractivity contribution >= 4 is 0 Å². The standard InChI is InChI=1S/C17H19NO2/c1-11(2)17-13(4-5-15-14(17)7-9-20-15)12-6-8-18-16(10-12)19-3/h4-6,8,10-11H,7,9H2,1-3H3. The van der Waals surface area contributed by atoms with Gasteiger partial charge in [-0.2, -0.15) is 0 Å². The van der Waals surface area contributed by atoms with E-state index in [1.165, 1.54) is 16.7 Å².